The van der Waals surface area contributed by atoms with Crippen molar-refractivity contribution < 1.29 is 9.53 Å². The smallest absolute Gasteiger partial charge is 0.306 e. The average molecular weight is 1010 g/mol. The van der Waals surface area contributed by atoms with Gasteiger partial charge < -0.3 is 15.4 Å². The fraction of sp³-hybridized carbons (Fsp3) is 0.377. The van der Waals surface area contributed by atoms with E-state index in [1.807, 2.05) is 0 Å². The van der Waals surface area contributed by atoms with E-state index in [2.05, 4.69) is 245 Å². The molecule has 0 aromatic heterocycles. The molecule has 0 fully saturated rings. The van der Waals surface area contributed by atoms with Gasteiger partial charge in [0.1, 0.15) is 0 Å². The van der Waals surface area contributed by atoms with Gasteiger partial charge in [-0.1, -0.05) is 241 Å². The summed E-state index contributed by atoms with van der Waals surface area (Å²) in [4.78, 5) is 14.2. The molecule has 1 unspecified atom stereocenters. The number of carbonyl (C=O) groups is 1. The lowest BCUT2D eigenvalue weighted by molar-refractivity contribution is -0.144. The van der Waals surface area contributed by atoms with Gasteiger partial charge in [-0.2, -0.15) is 0 Å². The largest absolute Gasteiger partial charge is 0.465 e. The maximum Gasteiger partial charge on any atom is 0.306 e. The van der Waals surface area contributed by atoms with Crippen molar-refractivity contribution in [1.29, 1.82) is 0 Å². The molecule has 388 valence electrons. The molecule has 0 spiro atoms. The van der Waals surface area contributed by atoms with Crippen molar-refractivity contribution in [2.45, 2.75) is 156 Å². The lowest BCUT2D eigenvalue weighted by Crippen LogP contribution is -2.14. The first-order valence-corrected chi connectivity index (χ1v) is 28.3. The second-order valence-corrected chi connectivity index (χ2v) is 24.6. The average Bonchev–Trinajstić information content (AvgIpc) is 3.38. The number of hydrogen-bond acceptors (Lipinski definition) is 5. The summed E-state index contributed by atoms with van der Waals surface area (Å²) >= 11 is 1.76. The third-order valence-electron chi connectivity index (χ3n) is 14.4. The van der Waals surface area contributed by atoms with Gasteiger partial charge in [0.25, 0.3) is 0 Å². The summed E-state index contributed by atoms with van der Waals surface area (Å²) in [6, 6.07) is 58.7. The Balaban J connectivity index is 1.02. The van der Waals surface area contributed by atoms with Crippen LogP contribution in [-0.2, 0) is 52.0 Å². The lowest BCUT2D eigenvalue weighted by Gasteiger charge is -2.25. The quantitative estimate of drug-likeness (QED) is 0.0523. The van der Waals surface area contributed by atoms with E-state index in [9.17, 15) is 4.79 Å². The molecule has 0 bridgehead atoms. The Kier molecular flexibility index (Phi) is 19.4. The Labute approximate surface area is 450 Å². The van der Waals surface area contributed by atoms with Crippen molar-refractivity contribution in [1.82, 2.24) is 10.6 Å². The zero-order valence-corrected chi connectivity index (χ0v) is 47.4. The van der Waals surface area contributed by atoms with Crippen LogP contribution in [0.5, 0.6) is 0 Å². The maximum atomic E-state index is 13.1. The first-order chi connectivity index (χ1) is 35.4. The van der Waals surface area contributed by atoms with E-state index in [-0.39, 0.29) is 22.2 Å². The minimum Gasteiger partial charge on any atom is -0.465 e. The molecule has 0 saturated carbocycles. The Hall–Kier alpha value is -5.72. The molecule has 0 amide bonds. The van der Waals surface area contributed by atoms with Crippen LogP contribution in [0.2, 0.25) is 0 Å². The van der Waals surface area contributed by atoms with Crippen LogP contribution in [0, 0.1) is 5.92 Å². The highest BCUT2D eigenvalue weighted by molar-refractivity contribution is 7.99. The van der Waals surface area contributed by atoms with Gasteiger partial charge in [-0.3, -0.25) is 4.79 Å². The SMILES string of the molecule is CCCCC(CC)COC(=O)CCSc1cc(CNCc2ccc(-c3ccc(C(C)(C)C)cc3)cc2)ccc1-c1ccc(-c2ccc(CNCc3ccc(-c4ccc(C(C)(C)C)cc4)cc3)cc2)c(C(C)(C)C)c1. The van der Waals surface area contributed by atoms with Gasteiger partial charge in [-0.05, 0) is 124 Å². The molecule has 74 heavy (non-hydrogen) atoms. The van der Waals surface area contributed by atoms with E-state index in [0.29, 0.717) is 24.7 Å². The highest BCUT2D eigenvalue weighted by atomic mass is 32.2. The van der Waals surface area contributed by atoms with Crippen molar-refractivity contribution in [3.63, 3.8) is 0 Å². The number of thioether (sulfide) groups is 1. The predicted octanol–water partition coefficient (Wildman–Crippen LogP) is 18.1. The third kappa shape index (κ3) is 15.9. The second-order valence-electron chi connectivity index (χ2n) is 23.5. The summed E-state index contributed by atoms with van der Waals surface area (Å²) in [6.45, 7) is 28.5. The van der Waals surface area contributed by atoms with Crippen molar-refractivity contribution in [3.8, 4) is 44.5 Å². The molecule has 0 heterocycles. The Morgan fingerprint density at radius 1 is 0.486 bits per heavy atom. The minimum absolute atomic E-state index is 0.0967. The van der Waals surface area contributed by atoms with Crippen LogP contribution in [0.15, 0.2) is 163 Å². The van der Waals surface area contributed by atoms with Crippen molar-refractivity contribution in [3.05, 3.63) is 197 Å². The first kappa shape index (κ1) is 56.0. The summed E-state index contributed by atoms with van der Waals surface area (Å²) in [6.07, 6.45) is 4.86. The molecule has 7 rings (SSSR count). The van der Waals surface area contributed by atoms with Crippen molar-refractivity contribution >= 4 is 17.7 Å². The van der Waals surface area contributed by atoms with E-state index >= 15 is 0 Å². The van der Waals surface area contributed by atoms with E-state index in [1.165, 1.54) is 94.8 Å². The number of benzene rings is 7. The minimum atomic E-state index is -0.107. The summed E-state index contributed by atoms with van der Waals surface area (Å²) in [5.41, 5.74) is 19.0. The summed E-state index contributed by atoms with van der Waals surface area (Å²) < 4.78 is 5.83. The summed E-state index contributed by atoms with van der Waals surface area (Å²) in [7, 11) is 0. The maximum absolute atomic E-state index is 13.1. The number of nitrogens with one attached hydrogen (secondary N) is 2. The van der Waals surface area contributed by atoms with E-state index in [0.717, 1.165) is 45.4 Å². The molecule has 0 saturated heterocycles. The van der Waals surface area contributed by atoms with Gasteiger partial charge in [-0.25, -0.2) is 0 Å². The molecule has 5 heteroatoms. The van der Waals surface area contributed by atoms with Gasteiger partial charge >= 0.3 is 5.97 Å². The predicted molar refractivity (Wildman–Crippen MR) is 318 cm³/mol. The number of esters is 1. The fourth-order valence-corrected chi connectivity index (χ4v) is 10.6. The molecule has 0 aliphatic rings. The van der Waals surface area contributed by atoms with Gasteiger partial charge in [0, 0.05) is 36.8 Å². The topological polar surface area (TPSA) is 50.4 Å². The Bertz CT molecular complexity index is 2860. The number of rotatable bonds is 22. The van der Waals surface area contributed by atoms with Crippen LogP contribution in [0.3, 0.4) is 0 Å². The number of ether oxygens (including phenoxy) is 1. The highest BCUT2D eigenvalue weighted by Crippen LogP contribution is 2.40. The Morgan fingerprint density at radius 3 is 1.35 bits per heavy atom. The molecule has 7 aromatic rings. The summed E-state index contributed by atoms with van der Waals surface area (Å²) in [5, 5.41) is 7.38. The highest BCUT2D eigenvalue weighted by Gasteiger charge is 2.22. The standard InChI is InChI=1S/C69H84N2O2S/c1-12-14-15-49(13-2)48-73-66(72)40-41-74-65-42-53(47-71-46-51-18-25-55(26-19-51)57-31-36-61(37-32-57)68(6,7)8)22-38-63(65)59-33-39-62(64(43-59)69(9,10)11)58-27-20-52(21-28-58)45-70-44-50-16-23-54(24-17-50)56-29-34-60(35-30-56)67(3,4)5/h16-39,42-43,49,70-71H,12-15,40-41,44-48H2,1-11H3. The molecule has 2 N–H and O–H groups in total. The van der Waals surface area contributed by atoms with Gasteiger partial charge in [0.15, 0.2) is 0 Å². The third-order valence-corrected chi connectivity index (χ3v) is 15.5. The van der Waals surface area contributed by atoms with Gasteiger partial charge in [0.2, 0.25) is 0 Å². The number of unbranched alkanes of at least 4 members (excludes halogenated alkanes) is 1. The molecule has 1 atom stereocenters. The fourth-order valence-electron chi connectivity index (χ4n) is 9.50. The van der Waals surface area contributed by atoms with Crippen LogP contribution >= 0.6 is 11.8 Å². The Morgan fingerprint density at radius 2 is 0.905 bits per heavy atom. The lowest BCUT2D eigenvalue weighted by atomic mass is 9.80. The van der Waals surface area contributed by atoms with Crippen LogP contribution in [0.1, 0.15) is 147 Å². The van der Waals surface area contributed by atoms with E-state index in [4.69, 9.17) is 4.74 Å². The molecule has 0 aliphatic heterocycles. The van der Waals surface area contributed by atoms with Gasteiger partial charge in [0.05, 0.1) is 13.0 Å². The zero-order chi connectivity index (χ0) is 52.9. The van der Waals surface area contributed by atoms with Crippen LogP contribution in [-0.4, -0.2) is 18.3 Å². The van der Waals surface area contributed by atoms with Crippen molar-refractivity contribution in [2.75, 3.05) is 12.4 Å². The molecular weight excluding hydrogens is 921 g/mol. The second kappa shape index (κ2) is 25.7. The monoisotopic (exact) mass is 1000 g/mol. The number of carbonyl (C=O) groups excluding carboxylic acids is 1. The van der Waals surface area contributed by atoms with Crippen LogP contribution in [0.25, 0.3) is 44.5 Å². The van der Waals surface area contributed by atoms with Gasteiger partial charge in [-0.15, -0.1) is 11.8 Å². The first-order valence-electron chi connectivity index (χ1n) is 27.3. The summed E-state index contributed by atoms with van der Waals surface area (Å²) in [5.74, 6) is 0.985. The molecular formula is C69H84N2O2S. The number of hydrogen-bond donors (Lipinski definition) is 2. The van der Waals surface area contributed by atoms with E-state index < -0.39 is 0 Å². The molecule has 0 radical (unpaired) electrons. The van der Waals surface area contributed by atoms with Crippen LogP contribution < -0.4 is 10.6 Å². The van der Waals surface area contributed by atoms with Crippen molar-refractivity contribution in [2.24, 2.45) is 5.92 Å². The normalized spacial score (nSPS) is 12.5. The molecule has 7 aromatic carbocycles. The molecule has 4 nitrogen and oxygen atoms in total. The van der Waals surface area contributed by atoms with Crippen LogP contribution in [0.4, 0.5) is 0 Å². The zero-order valence-electron chi connectivity index (χ0n) is 46.6. The van der Waals surface area contributed by atoms with E-state index in [1.54, 1.807) is 11.8 Å². The molecule has 0 aliphatic carbocycles.